The van der Waals surface area contributed by atoms with Gasteiger partial charge >= 0.3 is 0 Å². The minimum atomic E-state index is -0.506. The Morgan fingerprint density at radius 1 is 1.24 bits per heavy atom. The summed E-state index contributed by atoms with van der Waals surface area (Å²) in [7, 11) is 1.66. The van der Waals surface area contributed by atoms with Gasteiger partial charge in [0.05, 0.1) is 31.0 Å². The first-order valence-electron chi connectivity index (χ1n) is 9.06. The third kappa shape index (κ3) is 3.85. The van der Waals surface area contributed by atoms with Gasteiger partial charge in [-0.1, -0.05) is 25.1 Å². The van der Waals surface area contributed by atoms with Crippen LogP contribution < -0.4 is 4.74 Å². The highest BCUT2D eigenvalue weighted by Gasteiger charge is 2.65. The van der Waals surface area contributed by atoms with Crippen molar-refractivity contribution in [3.8, 4) is 5.75 Å². The van der Waals surface area contributed by atoms with Crippen molar-refractivity contribution in [3.05, 3.63) is 30.3 Å². The Bertz CT molecular complexity index is 554. The van der Waals surface area contributed by atoms with Crippen LogP contribution in [0.15, 0.2) is 30.3 Å². The molecule has 5 atom stereocenters. The summed E-state index contributed by atoms with van der Waals surface area (Å²) in [5, 5.41) is 10.6. The van der Waals surface area contributed by atoms with E-state index in [1.165, 1.54) is 0 Å². The maximum atomic E-state index is 10.6. The molecular formula is C20H30O5. The molecule has 5 heteroatoms. The van der Waals surface area contributed by atoms with Crippen LogP contribution in [0.25, 0.3) is 0 Å². The van der Waals surface area contributed by atoms with Crippen LogP contribution in [-0.2, 0) is 14.2 Å². The molecule has 25 heavy (non-hydrogen) atoms. The summed E-state index contributed by atoms with van der Waals surface area (Å²) in [5.74, 6) is 0.969. The fraction of sp³-hybridized carbons (Fsp3) is 0.700. The van der Waals surface area contributed by atoms with Crippen molar-refractivity contribution in [1.29, 1.82) is 0 Å². The van der Waals surface area contributed by atoms with Gasteiger partial charge in [-0.2, -0.15) is 0 Å². The Morgan fingerprint density at radius 2 is 1.92 bits per heavy atom. The summed E-state index contributed by atoms with van der Waals surface area (Å²) < 4.78 is 23.4. The number of ether oxygens (including phenoxy) is 4. The Labute approximate surface area is 150 Å². The Morgan fingerprint density at radius 3 is 2.52 bits per heavy atom. The van der Waals surface area contributed by atoms with E-state index >= 15 is 0 Å². The van der Waals surface area contributed by atoms with Crippen molar-refractivity contribution in [2.24, 2.45) is 11.8 Å². The predicted molar refractivity (Wildman–Crippen MR) is 94.7 cm³/mol. The van der Waals surface area contributed by atoms with Crippen molar-refractivity contribution >= 4 is 0 Å². The van der Waals surface area contributed by atoms with Crippen molar-refractivity contribution in [2.45, 2.75) is 50.6 Å². The van der Waals surface area contributed by atoms with Gasteiger partial charge in [-0.05, 0) is 38.3 Å². The lowest BCUT2D eigenvalue weighted by molar-refractivity contribution is -0.190. The Hall–Kier alpha value is -1.14. The van der Waals surface area contributed by atoms with E-state index in [0.717, 1.165) is 12.2 Å². The summed E-state index contributed by atoms with van der Waals surface area (Å²) in [6, 6.07) is 9.71. The van der Waals surface area contributed by atoms with Crippen molar-refractivity contribution in [3.63, 3.8) is 0 Å². The van der Waals surface area contributed by atoms with E-state index in [0.29, 0.717) is 19.8 Å². The van der Waals surface area contributed by atoms with Gasteiger partial charge in [-0.15, -0.1) is 0 Å². The topological polar surface area (TPSA) is 60.5 Å². The van der Waals surface area contributed by atoms with Gasteiger partial charge in [0.15, 0.2) is 0 Å². The number of aliphatic hydroxyl groups is 1. The number of benzene rings is 1. The summed E-state index contributed by atoms with van der Waals surface area (Å²) in [6.45, 7) is 7.82. The first kappa shape index (κ1) is 18.6. The van der Waals surface area contributed by atoms with Crippen LogP contribution in [0.1, 0.15) is 27.2 Å². The number of methoxy groups -OCH3 is 1. The van der Waals surface area contributed by atoms with Gasteiger partial charge in [0, 0.05) is 13.0 Å². The average molecular weight is 350 g/mol. The lowest BCUT2D eigenvalue weighted by Crippen LogP contribution is -2.60. The average Bonchev–Trinajstić information content (AvgIpc) is 3.35. The number of epoxide rings is 1. The maximum Gasteiger partial charge on any atom is 0.119 e. The number of aliphatic hydroxyl groups excluding tert-OH is 1. The predicted octanol–water partition coefficient (Wildman–Crippen LogP) is 2.66. The third-order valence-corrected chi connectivity index (χ3v) is 5.59. The molecule has 1 aliphatic heterocycles. The molecular weight excluding hydrogens is 320 g/mol. The minimum Gasteiger partial charge on any atom is -0.491 e. The fourth-order valence-electron chi connectivity index (χ4n) is 4.38. The number of para-hydroxylation sites is 1. The molecule has 1 aromatic carbocycles. The van der Waals surface area contributed by atoms with Crippen molar-refractivity contribution in [1.82, 2.24) is 0 Å². The van der Waals surface area contributed by atoms with Crippen LogP contribution in [0.4, 0.5) is 0 Å². The van der Waals surface area contributed by atoms with Crippen LogP contribution in [0.5, 0.6) is 5.75 Å². The molecule has 1 aromatic rings. The van der Waals surface area contributed by atoms with Gasteiger partial charge in [0.1, 0.15) is 18.0 Å². The molecule has 2 fully saturated rings. The summed E-state index contributed by atoms with van der Waals surface area (Å²) >= 11 is 0. The maximum absolute atomic E-state index is 10.6. The molecule has 140 valence electrons. The highest BCUT2D eigenvalue weighted by molar-refractivity contribution is 5.20. The quantitative estimate of drug-likeness (QED) is 0.605. The molecule has 1 saturated heterocycles. The van der Waals surface area contributed by atoms with E-state index in [9.17, 15) is 5.11 Å². The van der Waals surface area contributed by atoms with Gasteiger partial charge < -0.3 is 24.1 Å². The third-order valence-electron chi connectivity index (χ3n) is 5.59. The van der Waals surface area contributed by atoms with Crippen LogP contribution in [-0.4, -0.2) is 55.4 Å². The zero-order valence-corrected chi connectivity index (χ0v) is 15.6. The van der Waals surface area contributed by atoms with E-state index in [1.807, 2.05) is 30.3 Å². The van der Waals surface area contributed by atoms with Gasteiger partial charge in [-0.25, -0.2) is 0 Å². The first-order valence-corrected chi connectivity index (χ1v) is 9.06. The normalized spacial score (nSPS) is 34.9. The highest BCUT2D eigenvalue weighted by atomic mass is 16.6. The van der Waals surface area contributed by atoms with E-state index < -0.39 is 11.7 Å². The molecule has 0 unspecified atom stereocenters. The van der Waals surface area contributed by atoms with E-state index in [4.69, 9.17) is 18.9 Å². The Kier molecular flexibility index (Phi) is 5.40. The SMILES string of the molecule is CO[C@@H]1[C@H](O)[C@@H](C)C[C@]2(CO2)[C@H]1C(C)(C)OCCOc1ccccc1. The molecule has 3 rings (SSSR count). The molecule has 0 radical (unpaired) electrons. The molecule has 0 bridgehead atoms. The number of hydrogen-bond donors (Lipinski definition) is 1. The summed E-state index contributed by atoms with van der Waals surface area (Å²) in [6.07, 6.45) is 0.0380. The lowest BCUT2D eigenvalue weighted by Gasteiger charge is -2.49. The molecule has 5 nitrogen and oxygen atoms in total. The molecule has 1 saturated carbocycles. The monoisotopic (exact) mass is 350 g/mol. The van der Waals surface area contributed by atoms with Crippen molar-refractivity contribution in [2.75, 3.05) is 26.9 Å². The smallest absolute Gasteiger partial charge is 0.119 e. The second-order valence-electron chi connectivity index (χ2n) is 7.82. The molecule has 1 N–H and O–H groups in total. The van der Waals surface area contributed by atoms with E-state index in [-0.39, 0.29) is 23.5 Å². The second-order valence-corrected chi connectivity index (χ2v) is 7.82. The van der Waals surface area contributed by atoms with Crippen LogP contribution in [0.2, 0.25) is 0 Å². The van der Waals surface area contributed by atoms with Crippen molar-refractivity contribution < 1.29 is 24.1 Å². The van der Waals surface area contributed by atoms with Gasteiger partial charge in [0.2, 0.25) is 0 Å². The zero-order valence-electron chi connectivity index (χ0n) is 15.6. The molecule has 2 aliphatic rings. The van der Waals surface area contributed by atoms with Gasteiger partial charge in [0.25, 0.3) is 0 Å². The zero-order chi connectivity index (χ0) is 18.1. The largest absolute Gasteiger partial charge is 0.491 e. The van der Waals surface area contributed by atoms with E-state index in [2.05, 4.69) is 20.8 Å². The molecule has 1 aliphatic carbocycles. The molecule has 1 heterocycles. The second kappa shape index (κ2) is 7.23. The highest BCUT2D eigenvalue weighted by Crippen LogP contribution is 2.53. The first-order chi connectivity index (χ1) is 11.9. The van der Waals surface area contributed by atoms with Crippen LogP contribution >= 0.6 is 0 Å². The summed E-state index contributed by atoms with van der Waals surface area (Å²) in [5.41, 5.74) is -0.721. The minimum absolute atomic E-state index is 0.0204. The standard InChI is InChI=1S/C20H30O5/c1-14-12-20(13-25-20)18(17(22-4)16(14)21)19(2,3)24-11-10-23-15-8-6-5-7-9-15/h5-9,14,16-18,21H,10-13H2,1-4H3/t14-,16+,17+,18+,20-/m0/s1. The van der Waals surface area contributed by atoms with Gasteiger partial charge in [-0.3, -0.25) is 0 Å². The number of rotatable bonds is 7. The lowest BCUT2D eigenvalue weighted by atomic mass is 9.65. The van der Waals surface area contributed by atoms with E-state index in [1.54, 1.807) is 7.11 Å². The van der Waals surface area contributed by atoms with Crippen LogP contribution in [0.3, 0.4) is 0 Å². The van der Waals surface area contributed by atoms with Crippen LogP contribution in [0, 0.1) is 11.8 Å². The fourth-order valence-corrected chi connectivity index (χ4v) is 4.38. The molecule has 1 spiro atoms. The Balaban J connectivity index is 1.61. The summed E-state index contributed by atoms with van der Waals surface area (Å²) in [4.78, 5) is 0. The number of hydrogen-bond acceptors (Lipinski definition) is 5. The molecule has 0 aromatic heterocycles. The molecule has 0 amide bonds.